The zero-order valence-electron chi connectivity index (χ0n) is 10.9. The van der Waals surface area contributed by atoms with Crippen LogP contribution in [0.15, 0.2) is 24.3 Å². The van der Waals surface area contributed by atoms with Crippen molar-refractivity contribution in [2.24, 2.45) is 5.92 Å². The van der Waals surface area contributed by atoms with Gasteiger partial charge in [0.25, 0.3) is 5.69 Å². The summed E-state index contributed by atoms with van der Waals surface area (Å²) in [6.45, 7) is 1.65. The molecule has 0 bridgehead atoms. The number of carbonyl (C=O) groups is 1. The number of nitro benzene ring substituents is 1. The highest BCUT2D eigenvalue weighted by molar-refractivity contribution is 5.82. The van der Waals surface area contributed by atoms with E-state index in [1.54, 1.807) is 13.0 Å². The first-order valence-corrected chi connectivity index (χ1v) is 6.44. The predicted molar refractivity (Wildman–Crippen MR) is 72.9 cm³/mol. The maximum absolute atomic E-state index is 11.4. The number of nitrogens with one attached hydrogen (secondary N) is 1. The quantitative estimate of drug-likeness (QED) is 0.491. The van der Waals surface area contributed by atoms with E-state index in [4.69, 9.17) is 0 Å². The third-order valence-corrected chi connectivity index (χ3v) is 4.23. The molecule has 0 spiro atoms. The zero-order chi connectivity index (χ0) is 14.4. The van der Waals surface area contributed by atoms with Gasteiger partial charge in [-0.25, -0.2) is 4.79 Å². The second kappa shape index (κ2) is 4.33. The Morgan fingerprint density at radius 2 is 2.25 bits per heavy atom. The Morgan fingerprint density at radius 3 is 2.90 bits per heavy atom. The van der Waals surface area contributed by atoms with Crippen LogP contribution in [0.25, 0.3) is 0 Å². The molecule has 3 atom stereocenters. The van der Waals surface area contributed by atoms with Crippen molar-refractivity contribution >= 4 is 17.3 Å². The first kappa shape index (κ1) is 12.7. The van der Waals surface area contributed by atoms with Crippen molar-refractivity contribution in [1.29, 1.82) is 0 Å². The van der Waals surface area contributed by atoms with E-state index in [0.717, 1.165) is 5.56 Å². The SMILES string of the molecule is Cc1c([N+](=O)[O-])ccc2c1NC(C(=O)O)C1CC=CC21. The summed E-state index contributed by atoms with van der Waals surface area (Å²) in [4.78, 5) is 22.0. The van der Waals surface area contributed by atoms with Crippen molar-refractivity contribution < 1.29 is 14.8 Å². The van der Waals surface area contributed by atoms with Crippen LogP contribution in [0.2, 0.25) is 0 Å². The Bertz CT molecular complexity index is 638. The van der Waals surface area contributed by atoms with Crippen LogP contribution in [0.5, 0.6) is 0 Å². The number of carboxylic acids is 1. The highest BCUT2D eigenvalue weighted by atomic mass is 16.6. The molecule has 2 aliphatic rings. The number of carboxylic acid groups (broad SMARTS) is 1. The van der Waals surface area contributed by atoms with Gasteiger partial charge in [-0.15, -0.1) is 0 Å². The number of anilines is 1. The fraction of sp³-hybridized carbons (Fsp3) is 0.357. The van der Waals surface area contributed by atoms with Gasteiger partial charge in [0.2, 0.25) is 0 Å². The van der Waals surface area contributed by atoms with E-state index in [2.05, 4.69) is 5.32 Å². The molecule has 0 fully saturated rings. The molecule has 1 heterocycles. The minimum absolute atomic E-state index is 0.0146. The molecule has 6 nitrogen and oxygen atoms in total. The molecule has 0 saturated carbocycles. The molecule has 3 unspecified atom stereocenters. The first-order valence-electron chi connectivity index (χ1n) is 6.44. The average Bonchev–Trinajstić information content (AvgIpc) is 2.86. The molecular weight excluding hydrogens is 260 g/mol. The van der Waals surface area contributed by atoms with Crippen molar-refractivity contribution in [3.63, 3.8) is 0 Å². The van der Waals surface area contributed by atoms with Crippen LogP contribution >= 0.6 is 0 Å². The van der Waals surface area contributed by atoms with Crippen LogP contribution < -0.4 is 5.32 Å². The Morgan fingerprint density at radius 1 is 1.50 bits per heavy atom. The fourth-order valence-corrected chi connectivity index (χ4v) is 3.25. The monoisotopic (exact) mass is 274 g/mol. The van der Waals surface area contributed by atoms with E-state index in [1.165, 1.54) is 6.07 Å². The van der Waals surface area contributed by atoms with Crippen molar-refractivity contribution in [2.45, 2.75) is 25.3 Å². The number of nitrogens with zero attached hydrogens (tertiary/aromatic N) is 1. The van der Waals surface area contributed by atoms with Gasteiger partial charge in [-0.3, -0.25) is 10.1 Å². The summed E-state index contributed by atoms with van der Waals surface area (Å²) in [6.07, 6.45) is 4.70. The van der Waals surface area contributed by atoms with Gasteiger partial charge >= 0.3 is 5.97 Å². The molecule has 0 amide bonds. The largest absolute Gasteiger partial charge is 0.480 e. The molecule has 1 aromatic carbocycles. The van der Waals surface area contributed by atoms with Crippen LogP contribution in [-0.2, 0) is 4.79 Å². The molecular formula is C14H14N2O4. The Balaban J connectivity index is 2.15. The number of allylic oxidation sites excluding steroid dienone is 2. The molecule has 1 aliphatic heterocycles. The highest BCUT2D eigenvalue weighted by Gasteiger charge is 2.42. The Labute approximate surface area is 115 Å². The second-order valence-corrected chi connectivity index (χ2v) is 5.24. The minimum Gasteiger partial charge on any atom is -0.480 e. The molecule has 1 aliphatic carbocycles. The molecule has 0 radical (unpaired) electrons. The summed E-state index contributed by atoms with van der Waals surface area (Å²) in [5, 5.41) is 23.3. The summed E-state index contributed by atoms with van der Waals surface area (Å²) >= 11 is 0. The molecule has 6 heteroatoms. The minimum atomic E-state index is -0.916. The van der Waals surface area contributed by atoms with Gasteiger partial charge in [0.1, 0.15) is 6.04 Å². The molecule has 0 saturated heterocycles. The molecule has 3 rings (SSSR count). The lowest BCUT2D eigenvalue weighted by molar-refractivity contribution is -0.385. The van der Waals surface area contributed by atoms with Gasteiger partial charge in [0, 0.05) is 23.6 Å². The molecule has 104 valence electrons. The van der Waals surface area contributed by atoms with Crippen LogP contribution in [0.4, 0.5) is 11.4 Å². The fourth-order valence-electron chi connectivity index (χ4n) is 3.25. The molecule has 0 aromatic heterocycles. The Kier molecular flexibility index (Phi) is 2.74. The second-order valence-electron chi connectivity index (χ2n) is 5.24. The number of hydrogen-bond acceptors (Lipinski definition) is 4. The standard InChI is InChI=1S/C14H14N2O4/c1-7-11(16(19)20)6-5-10-8-3-2-4-9(8)13(14(17)18)15-12(7)10/h2-3,5-6,8-9,13,15H,4H2,1H3,(H,17,18). The van der Waals surface area contributed by atoms with Crippen LogP contribution in [0.1, 0.15) is 23.5 Å². The van der Waals surface area contributed by atoms with Crippen molar-refractivity contribution in [3.8, 4) is 0 Å². The summed E-state index contributed by atoms with van der Waals surface area (Å²) in [5.41, 5.74) is 2.06. The number of fused-ring (bicyclic) bond motifs is 3. The van der Waals surface area contributed by atoms with Crippen molar-refractivity contribution in [2.75, 3.05) is 5.32 Å². The maximum Gasteiger partial charge on any atom is 0.326 e. The number of hydrogen-bond donors (Lipinski definition) is 2. The van der Waals surface area contributed by atoms with Gasteiger partial charge < -0.3 is 10.4 Å². The number of nitro groups is 1. The highest BCUT2D eigenvalue weighted by Crippen LogP contribution is 2.47. The lowest BCUT2D eigenvalue weighted by atomic mass is 9.78. The van der Waals surface area contributed by atoms with Gasteiger partial charge in [0.15, 0.2) is 0 Å². The lowest BCUT2D eigenvalue weighted by Gasteiger charge is -2.35. The molecule has 1 aromatic rings. The van der Waals surface area contributed by atoms with E-state index in [1.807, 2.05) is 12.2 Å². The summed E-state index contributed by atoms with van der Waals surface area (Å²) < 4.78 is 0. The maximum atomic E-state index is 11.4. The zero-order valence-corrected chi connectivity index (χ0v) is 10.9. The van der Waals surface area contributed by atoms with Crippen LogP contribution in [0, 0.1) is 23.0 Å². The van der Waals surface area contributed by atoms with Gasteiger partial charge in [0.05, 0.1) is 10.5 Å². The van der Waals surface area contributed by atoms with E-state index in [0.29, 0.717) is 17.7 Å². The van der Waals surface area contributed by atoms with Crippen molar-refractivity contribution in [1.82, 2.24) is 0 Å². The normalized spacial score (nSPS) is 26.6. The smallest absolute Gasteiger partial charge is 0.326 e. The predicted octanol–water partition coefficient (Wildman–Crippen LogP) is 2.44. The summed E-state index contributed by atoms with van der Waals surface area (Å²) in [6, 6.07) is 2.53. The average molecular weight is 274 g/mol. The van der Waals surface area contributed by atoms with E-state index in [9.17, 15) is 20.0 Å². The third kappa shape index (κ3) is 1.68. The van der Waals surface area contributed by atoms with Crippen LogP contribution in [-0.4, -0.2) is 22.0 Å². The lowest BCUT2D eigenvalue weighted by Crippen LogP contribution is -2.42. The van der Waals surface area contributed by atoms with E-state index < -0.39 is 16.9 Å². The van der Waals surface area contributed by atoms with Crippen molar-refractivity contribution in [3.05, 3.63) is 45.5 Å². The summed E-state index contributed by atoms with van der Waals surface area (Å²) in [5.74, 6) is -0.923. The van der Waals surface area contributed by atoms with Gasteiger partial charge in [-0.2, -0.15) is 0 Å². The topological polar surface area (TPSA) is 92.5 Å². The molecule has 2 N–H and O–H groups in total. The van der Waals surface area contributed by atoms with Gasteiger partial charge in [-0.05, 0) is 25.0 Å². The number of rotatable bonds is 2. The number of benzene rings is 1. The van der Waals surface area contributed by atoms with E-state index >= 15 is 0 Å². The molecule has 20 heavy (non-hydrogen) atoms. The van der Waals surface area contributed by atoms with E-state index in [-0.39, 0.29) is 17.5 Å². The first-order chi connectivity index (χ1) is 9.50. The Hall–Kier alpha value is -2.37. The summed E-state index contributed by atoms with van der Waals surface area (Å²) in [7, 11) is 0. The van der Waals surface area contributed by atoms with Crippen LogP contribution in [0.3, 0.4) is 0 Å². The third-order valence-electron chi connectivity index (χ3n) is 4.23. The number of aliphatic carboxylic acids is 1. The van der Waals surface area contributed by atoms with Gasteiger partial charge in [-0.1, -0.05) is 12.2 Å².